The van der Waals surface area contributed by atoms with Crippen LogP contribution >= 0.6 is 15.9 Å². The number of halogens is 1. The molecule has 18 heavy (non-hydrogen) atoms. The van der Waals surface area contributed by atoms with Crippen molar-refractivity contribution in [3.8, 4) is 0 Å². The van der Waals surface area contributed by atoms with Gasteiger partial charge in [-0.2, -0.15) is 0 Å². The lowest BCUT2D eigenvalue weighted by Gasteiger charge is -2.25. The van der Waals surface area contributed by atoms with Crippen LogP contribution in [0.4, 0.5) is 0 Å². The second kappa shape index (κ2) is 4.78. The van der Waals surface area contributed by atoms with Gasteiger partial charge in [-0.3, -0.25) is 9.58 Å². The minimum absolute atomic E-state index is 0.874. The highest BCUT2D eigenvalue weighted by Gasteiger charge is 2.20. The highest BCUT2D eigenvalue weighted by atomic mass is 79.9. The zero-order valence-corrected chi connectivity index (χ0v) is 11.8. The molecule has 0 aliphatic carbocycles. The first-order chi connectivity index (χ1) is 8.72. The Morgan fingerprint density at radius 3 is 3.06 bits per heavy atom. The largest absolute Gasteiger partial charge is 0.293 e. The summed E-state index contributed by atoms with van der Waals surface area (Å²) in [5.41, 5.74) is 3.60. The summed E-state index contributed by atoms with van der Waals surface area (Å²) in [7, 11) is 1.96. The SMILES string of the molecule is Cn1nnc2c1CCN(Cc1ccc(Br)nc1)C2. The van der Waals surface area contributed by atoms with Gasteiger partial charge in [0, 0.05) is 39.3 Å². The fraction of sp³-hybridized carbons (Fsp3) is 0.417. The highest BCUT2D eigenvalue weighted by molar-refractivity contribution is 9.10. The number of aryl methyl sites for hydroxylation is 1. The molecule has 0 saturated heterocycles. The van der Waals surface area contributed by atoms with Gasteiger partial charge >= 0.3 is 0 Å². The molecule has 1 aliphatic heterocycles. The summed E-state index contributed by atoms with van der Waals surface area (Å²) in [6.45, 7) is 2.83. The highest BCUT2D eigenvalue weighted by Crippen LogP contribution is 2.18. The van der Waals surface area contributed by atoms with Gasteiger partial charge in [-0.15, -0.1) is 5.10 Å². The van der Waals surface area contributed by atoms with Crippen LogP contribution in [0.25, 0.3) is 0 Å². The average molecular weight is 308 g/mol. The maximum Gasteiger partial charge on any atom is 0.106 e. The van der Waals surface area contributed by atoms with Crippen LogP contribution in [0, 0.1) is 0 Å². The molecular formula is C12H14BrN5. The molecule has 0 fully saturated rings. The first-order valence-corrected chi connectivity index (χ1v) is 6.72. The van der Waals surface area contributed by atoms with Crippen molar-refractivity contribution in [1.29, 1.82) is 0 Å². The summed E-state index contributed by atoms with van der Waals surface area (Å²) in [5.74, 6) is 0. The summed E-state index contributed by atoms with van der Waals surface area (Å²) < 4.78 is 2.76. The molecule has 0 atom stereocenters. The lowest BCUT2D eigenvalue weighted by Crippen LogP contribution is -2.30. The van der Waals surface area contributed by atoms with Gasteiger partial charge in [-0.1, -0.05) is 11.3 Å². The van der Waals surface area contributed by atoms with Crippen LogP contribution in [0.15, 0.2) is 22.9 Å². The smallest absolute Gasteiger partial charge is 0.106 e. The van der Waals surface area contributed by atoms with Gasteiger partial charge in [0.2, 0.25) is 0 Å². The molecule has 5 nitrogen and oxygen atoms in total. The normalized spacial score (nSPS) is 15.7. The van der Waals surface area contributed by atoms with E-state index in [4.69, 9.17) is 0 Å². The number of nitrogens with zero attached hydrogens (tertiary/aromatic N) is 5. The minimum atomic E-state index is 0.874. The summed E-state index contributed by atoms with van der Waals surface area (Å²) in [5, 5.41) is 8.28. The van der Waals surface area contributed by atoms with Crippen molar-refractivity contribution in [3.05, 3.63) is 39.9 Å². The quantitative estimate of drug-likeness (QED) is 0.790. The fourth-order valence-corrected chi connectivity index (χ4v) is 2.53. The van der Waals surface area contributed by atoms with Crippen molar-refractivity contribution >= 4 is 15.9 Å². The molecule has 0 saturated carbocycles. The molecule has 3 heterocycles. The Hall–Kier alpha value is -1.27. The Morgan fingerprint density at radius 1 is 1.39 bits per heavy atom. The minimum Gasteiger partial charge on any atom is -0.293 e. The van der Waals surface area contributed by atoms with Gasteiger partial charge in [-0.05, 0) is 27.6 Å². The maximum atomic E-state index is 4.25. The average Bonchev–Trinajstić information content (AvgIpc) is 2.74. The maximum absolute atomic E-state index is 4.25. The van der Waals surface area contributed by atoms with Gasteiger partial charge < -0.3 is 0 Å². The Bertz CT molecular complexity index is 548. The zero-order valence-electron chi connectivity index (χ0n) is 10.2. The van der Waals surface area contributed by atoms with Crippen LogP contribution in [0.3, 0.4) is 0 Å². The van der Waals surface area contributed by atoms with Crippen LogP contribution in [-0.2, 0) is 26.6 Å². The standard InChI is InChI=1S/C12H14BrN5/c1-17-11-4-5-18(8-10(11)15-16-17)7-9-2-3-12(13)14-6-9/h2-3,6H,4-5,7-8H2,1H3. The fourth-order valence-electron chi connectivity index (χ4n) is 2.30. The molecular weight excluding hydrogens is 294 g/mol. The molecule has 0 radical (unpaired) electrons. The summed E-state index contributed by atoms with van der Waals surface area (Å²) in [6, 6.07) is 4.08. The van der Waals surface area contributed by atoms with Crippen LogP contribution in [0.2, 0.25) is 0 Å². The molecule has 6 heteroatoms. The second-order valence-corrected chi connectivity index (χ2v) is 5.37. The van der Waals surface area contributed by atoms with E-state index in [-0.39, 0.29) is 0 Å². The third-order valence-electron chi connectivity index (χ3n) is 3.26. The topological polar surface area (TPSA) is 46.8 Å². The summed E-state index contributed by atoms with van der Waals surface area (Å²) in [6.07, 6.45) is 2.93. The summed E-state index contributed by atoms with van der Waals surface area (Å²) in [4.78, 5) is 6.63. The molecule has 2 aromatic heterocycles. The Kier molecular flexibility index (Phi) is 3.13. The van der Waals surface area contributed by atoms with Crippen molar-refractivity contribution in [2.24, 2.45) is 7.05 Å². The molecule has 0 unspecified atom stereocenters. The third-order valence-corrected chi connectivity index (χ3v) is 3.73. The van der Waals surface area contributed by atoms with Crippen molar-refractivity contribution in [2.75, 3.05) is 6.54 Å². The Labute approximate surface area is 114 Å². The molecule has 0 N–H and O–H groups in total. The predicted molar refractivity (Wildman–Crippen MR) is 70.8 cm³/mol. The van der Waals surface area contributed by atoms with E-state index >= 15 is 0 Å². The van der Waals surface area contributed by atoms with Gasteiger partial charge in [0.05, 0.1) is 11.4 Å². The van der Waals surface area contributed by atoms with E-state index in [2.05, 4.69) is 42.2 Å². The molecule has 3 rings (SSSR count). The lowest BCUT2D eigenvalue weighted by molar-refractivity contribution is 0.240. The lowest BCUT2D eigenvalue weighted by atomic mass is 10.1. The monoisotopic (exact) mass is 307 g/mol. The zero-order chi connectivity index (χ0) is 12.5. The molecule has 2 aromatic rings. The van der Waals surface area contributed by atoms with Crippen molar-refractivity contribution in [1.82, 2.24) is 24.9 Å². The van der Waals surface area contributed by atoms with Crippen LogP contribution < -0.4 is 0 Å². The number of fused-ring (bicyclic) bond motifs is 1. The molecule has 0 aromatic carbocycles. The molecule has 94 valence electrons. The predicted octanol–water partition coefficient (Wildman–Crippen LogP) is 1.53. The number of hydrogen-bond donors (Lipinski definition) is 0. The number of pyridine rings is 1. The number of hydrogen-bond acceptors (Lipinski definition) is 4. The van der Waals surface area contributed by atoms with Gasteiger partial charge in [0.15, 0.2) is 0 Å². The van der Waals surface area contributed by atoms with E-state index in [0.29, 0.717) is 0 Å². The Morgan fingerprint density at radius 2 is 2.28 bits per heavy atom. The second-order valence-electron chi connectivity index (χ2n) is 4.56. The first kappa shape index (κ1) is 11.8. The van der Waals surface area contributed by atoms with Gasteiger partial charge in [0.25, 0.3) is 0 Å². The number of rotatable bonds is 2. The van der Waals surface area contributed by atoms with Crippen molar-refractivity contribution in [2.45, 2.75) is 19.5 Å². The van der Waals surface area contributed by atoms with E-state index in [0.717, 1.165) is 36.4 Å². The number of aromatic nitrogens is 4. The molecule has 0 spiro atoms. The van der Waals surface area contributed by atoms with Gasteiger partial charge in [-0.25, -0.2) is 4.98 Å². The van der Waals surface area contributed by atoms with Crippen LogP contribution in [-0.4, -0.2) is 31.4 Å². The molecule has 0 amide bonds. The molecule has 0 bridgehead atoms. The van der Waals surface area contributed by atoms with E-state index in [1.54, 1.807) is 0 Å². The summed E-state index contributed by atoms with van der Waals surface area (Å²) >= 11 is 3.35. The van der Waals surface area contributed by atoms with E-state index in [9.17, 15) is 0 Å². The van der Waals surface area contributed by atoms with Crippen LogP contribution in [0.5, 0.6) is 0 Å². The third kappa shape index (κ3) is 2.30. The van der Waals surface area contributed by atoms with Crippen molar-refractivity contribution < 1.29 is 0 Å². The van der Waals surface area contributed by atoms with Crippen molar-refractivity contribution in [3.63, 3.8) is 0 Å². The van der Waals surface area contributed by atoms with Gasteiger partial charge in [0.1, 0.15) is 4.60 Å². The first-order valence-electron chi connectivity index (χ1n) is 5.92. The van der Waals surface area contributed by atoms with Crippen LogP contribution in [0.1, 0.15) is 17.0 Å². The van der Waals surface area contributed by atoms with E-state index in [1.165, 1.54) is 11.3 Å². The Balaban J connectivity index is 1.71. The molecule has 1 aliphatic rings. The van der Waals surface area contributed by atoms with E-state index < -0.39 is 0 Å². The van der Waals surface area contributed by atoms with E-state index in [1.807, 2.05) is 24.0 Å².